The van der Waals surface area contributed by atoms with Gasteiger partial charge in [-0.05, 0) is 0 Å². The van der Waals surface area contributed by atoms with Gasteiger partial charge >= 0.3 is 0 Å². The number of hydrogen-bond acceptors (Lipinski definition) is 4. The first-order valence-corrected chi connectivity index (χ1v) is 2.53. The molecule has 0 saturated heterocycles. The van der Waals surface area contributed by atoms with Crippen molar-refractivity contribution in [1.29, 1.82) is 0 Å². The molecule has 0 rings (SSSR count). The maximum Gasteiger partial charge on any atom is 0.273 e. The highest BCUT2D eigenvalue weighted by atomic mass is 16.8. The molecule has 6 heteroatoms. The number of carbonyl (C=O) groups excluding carboxylic acids is 2. The van der Waals surface area contributed by atoms with Crippen molar-refractivity contribution < 1.29 is 20.0 Å². The van der Waals surface area contributed by atoms with Crippen LogP contribution in [0.1, 0.15) is 12.8 Å². The first kappa shape index (κ1) is 8.86. The maximum atomic E-state index is 10.3. The van der Waals surface area contributed by atoms with Crippen LogP contribution in [0.5, 0.6) is 0 Å². The third-order valence-corrected chi connectivity index (χ3v) is 0.808. The average Bonchev–Trinajstić information content (AvgIpc) is 1.82. The van der Waals surface area contributed by atoms with Crippen molar-refractivity contribution in [3.8, 4) is 0 Å². The summed E-state index contributed by atoms with van der Waals surface area (Å²) in [5.74, 6) is -1.62. The summed E-state index contributed by atoms with van der Waals surface area (Å²) in [5, 5.41) is 15.5. The summed E-state index contributed by atoms with van der Waals surface area (Å²) in [6, 6.07) is 0. The van der Waals surface area contributed by atoms with Gasteiger partial charge in [0.2, 0.25) is 5.91 Å². The van der Waals surface area contributed by atoms with Crippen LogP contribution in [0.3, 0.4) is 0 Å². The summed E-state index contributed by atoms with van der Waals surface area (Å²) in [4.78, 5) is 20.3. The monoisotopic (exact) mass is 148 g/mol. The van der Waals surface area contributed by atoms with Crippen molar-refractivity contribution >= 4 is 11.8 Å². The van der Waals surface area contributed by atoms with Crippen LogP contribution in [0.15, 0.2) is 0 Å². The molecule has 0 aromatic heterocycles. The van der Waals surface area contributed by atoms with E-state index in [4.69, 9.17) is 10.4 Å². The van der Waals surface area contributed by atoms with Gasteiger partial charge in [0.1, 0.15) is 0 Å². The van der Waals surface area contributed by atoms with Crippen LogP contribution in [0.2, 0.25) is 0 Å². The van der Waals surface area contributed by atoms with E-state index in [2.05, 4.69) is 5.73 Å². The third kappa shape index (κ3) is 3.81. The molecule has 10 heavy (non-hydrogen) atoms. The Morgan fingerprint density at radius 3 is 2.10 bits per heavy atom. The molecule has 0 heterocycles. The van der Waals surface area contributed by atoms with Gasteiger partial charge in [0.05, 0.1) is 0 Å². The minimum absolute atomic E-state index is 0.184. The predicted molar refractivity (Wildman–Crippen MR) is 28.8 cm³/mol. The number of amides is 2. The van der Waals surface area contributed by atoms with Crippen molar-refractivity contribution in [2.24, 2.45) is 5.73 Å². The molecule has 0 saturated carbocycles. The summed E-state index contributed by atoms with van der Waals surface area (Å²) < 4.78 is 0. The first-order valence-electron chi connectivity index (χ1n) is 2.53. The second-order valence-electron chi connectivity index (χ2n) is 1.65. The lowest BCUT2D eigenvalue weighted by molar-refractivity contribution is -0.285. The molecule has 0 atom stereocenters. The van der Waals surface area contributed by atoms with E-state index in [1.165, 1.54) is 0 Å². The minimum atomic E-state index is -0.959. The summed E-state index contributed by atoms with van der Waals surface area (Å²) in [6.45, 7) is 0. The molecule has 0 fully saturated rings. The van der Waals surface area contributed by atoms with Gasteiger partial charge in [0, 0.05) is 12.8 Å². The lowest BCUT2D eigenvalue weighted by Gasteiger charge is -2.02. The number of nitrogens with zero attached hydrogens (tertiary/aromatic N) is 1. The molecular formula is C4H8N2O4. The van der Waals surface area contributed by atoms with Gasteiger partial charge in [-0.3, -0.25) is 20.0 Å². The Bertz CT molecular complexity index is 144. The van der Waals surface area contributed by atoms with Crippen LogP contribution in [0, 0.1) is 0 Å². The topological polar surface area (TPSA) is 104 Å². The second-order valence-corrected chi connectivity index (χ2v) is 1.65. The van der Waals surface area contributed by atoms with Crippen molar-refractivity contribution in [2.75, 3.05) is 0 Å². The Balaban J connectivity index is 3.50. The Labute approximate surface area is 56.8 Å². The number of carbonyl (C=O) groups is 2. The highest BCUT2D eigenvalue weighted by Crippen LogP contribution is 1.90. The van der Waals surface area contributed by atoms with Gasteiger partial charge in [-0.2, -0.15) is 0 Å². The molecule has 2 amide bonds. The van der Waals surface area contributed by atoms with Crippen LogP contribution in [0.4, 0.5) is 0 Å². The van der Waals surface area contributed by atoms with Crippen molar-refractivity contribution in [1.82, 2.24) is 5.23 Å². The Kier molecular flexibility index (Phi) is 3.37. The lowest BCUT2D eigenvalue weighted by atomic mass is 10.3. The Morgan fingerprint density at radius 2 is 1.80 bits per heavy atom. The van der Waals surface area contributed by atoms with Gasteiger partial charge < -0.3 is 5.73 Å². The summed E-state index contributed by atoms with van der Waals surface area (Å²) in [5.41, 5.74) is 4.67. The van der Waals surface area contributed by atoms with E-state index < -0.39 is 17.0 Å². The summed E-state index contributed by atoms with van der Waals surface area (Å²) >= 11 is 0. The van der Waals surface area contributed by atoms with E-state index >= 15 is 0 Å². The van der Waals surface area contributed by atoms with E-state index in [-0.39, 0.29) is 12.8 Å². The summed E-state index contributed by atoms with van der Waals surface area (Å²) in [7, 11) is 0. The summed E-state index contributed by atoms with van der Waals surface area (Å²) in [6.07, 6.45) is -0.473. The molecule has 0 aromatic carbocycles. The van der Waals surface area contributed by atoms with Gasteiger partial charge in [-0.1, -0.05) is 5.23 Å². The number of hydrogen-bond donors (Lipinski definition) is 3. The largest absolute Gasteiger partial charge is 0.370 e. The van der Waals surface area contributed by atoms with Gasteiger partial charge in [0.25, 0.3) is 5.91 Å². The zero-order valence-electron chi connectivity index (χ0n) is 5.15. The third-order valence-electron chi connectivity index (χ3n) is 0.808. The molecule has 0 aliphatic carbocycles. The van der Waals surface area contributed by atoms with Gasteiger partial charge in [-0.15, -0.1) is 0 Å². The molecule has 0 aliphatic heterocycles. The van der Waals surface area contributed by atoms with Crippen LogP contribution in [-0.4, -0.2) is 27.5 Å². The molecule has 4 N–H and O–H groups in total. The average molecular weight is 148 g/mol. The van der Waals surface area contributed by atoms with E-state index in [1.54, 1.807) is 0 Å². The first-order chi connectivity index (χ1) is 4.54. The van der Waals surface area contributed by atoms with Crippen LogP contribution >= 0.6 is 0 Å². The van der Waals surface area contributed by atoms with Gasteiger partial charge in [-0.25, -0.2) is 0 Å². The Morgan fingerprint density at radius 1 is 1.30 bits per heavy atom. The molecule has 0 spiro atoms. The quantitative estimate of drug-likeness (QED) is 0.347. The lowest BCUT2D eigenvalue weighted by Crippen LogP contribution is -2.24. The number of rotatable bonds is 3. The van der Waals surface area contributed by atoms with Crippen molar-refractivity contribution in [3.05, 3.63) is 0 Å². The second kappa shape index (κ2) is 3.80. The predicted octanol–water partition coefficient (Wildman–Crippen LogP) is -1.14. The SMILES string of the molecule is NC(=O)CCC(=O)N(O)O. The van der Waals surface area contributed by atoms with Crippen molar-refractivity contribution in [2.45, 2.75) is 12.8 Å². The van der Waals surface area contributed by atoms with E-state index in [9.17, 15) is 9.59 Å². The Hall–Kier alpha value is -1.14. The highest BCUT2D eigenvalue weighted by molar-refractivity contribution is 5.81. The number of nitrogens with two attached hydrogens (primary N) is 1. The molecular weight excluding hydrogens is 140 g/mol. The molecule has 0 aromatic rings. The van der Waals surface area contributed by atoms with Gasteiger partial charge in [0.15, 0.2) is 0 Å². The fourth-order valence-corrected chi connectivity index (χ4v) is 0.330. The van der Waals surface area contributed by atoms with Crippen LogP contribution in [-0.2, 0) is 9.59 Å². The molecule has 6 nitrogen and oxygen atoms in total. The fraction of sp³-hybridized carbons (Fsp3) is 0.500. The number of hydroxylamine groups is 2. The number of primary amides is 1. The normalized spacial score (nSPS) is 9.00. The van der Waals surface area contributed by atoms with Crippen LogP contribution in [0.25, 0.3) is 0 Å². The molecule has 0 radical (unpaired) electrons. The van der Waals surface area contributed by atoms with E-state index in [0.29, 0.717) is 0 Å². The molecule has 58 valence electrons. The van der Waals surface area contributed by atoms with E-state index in [1.807, 2.05) is 0 Å². The minimum Gasteiger partial charge on any atom is -0.370 e. The fourth-order valence-electron chi connectivity index (χ4n) is 0.330. The smallest absolute Gasteiger partial charge is 0.273 e. The standard InChI is InChI=1S/C4H8N2O4/c5-3(7)1-2-4(8)6(9)10/h9-10H,1-2H2,(H2,5,7). The molecule has 0 bridgehead atoms. The zero-order valence-corrected chi connectivity index (χ0v) is 5.15. The van der Waals surface area contributed by atoms with Crippen molar-refractivity contribution in [3.63, 3.8) is 0 Å². The van der Waals surface area contributed by atoms with Crippen LogP contribution < -0.4 is 5.73 Å². The zero-order chi connectivity index (χ0) is 8.15. The highest BCUT2D eigenvalue weighted by Gasteiger charge is 2.08. The maximum absolute atomic E-state index is 10.3. The molecule has 0 aliphatic rings. The molecule has 0 unspecified atom stereocenters. The van der Waals surface area contributed by atoms with E-state index in [0.717, 1.165) is 0 Å².